The van der Waals surface area contributed by atoms with E-state index in [1.807, 2.05) is 0 Å². The van der Waals surface area contributed by atoms with Gasteiger partial charge in [0.2, 0.25) is 0 Å². The van der Waals surface area contributed by atoms with Crippen molar-refractivity contribution in [2.45, 2.75) is 31.7 Å². The zero-order valence-corrected chi connectivity index (χ0v) is 10.4. The smallest absolute Gasteiger partial charge is 0.272 e. The van der Waals surface area contributed by atoms with Gasteiger partial charge in [0.1, 0.15) is 0 Å². The molecule has 4 nitrogen and oxygen atoms in total. The van der Waals surface area contributed by atoms with Crippen LogP contribution in [0.3, 0.4) is 0 Å². The first-order valence-electron chi connectivity index (χ1n) is 5.45. The molecule has 1 aliphatic rings. The number of halogens is 1. The monoisotopic (exact) mass is 259 g/mol. The van der Waals surface area contributed by atoms with Gasteiger partial charge in [0.05, 0.1) is 0 Å². The van der Waals surface area contributed by atoms with E-state index in [1.54, 1.807) is 5.38 Å². The molecule has 1 aliphatic carbocycles. The highest BCUT2D eigenvalue weighted by atomic mass is 35.5. The minimum Gasteiger partial charge on any atom is -0.348 e. The molecule has 1 aromatic rings. The van der Waals surface area contributed by atoms with Gasteiger partial charge in [-0.25, -0.2) is 0 Å². The van der Waals surface area contributed by atoms with Crippen LogP contribution in [0.4, 0.5) is 0 Å². The Bertz CT molecular complexity index is 344. The molecule has 1 aromatic heterocycles. The highest BCUT2D eigenvalue weighted by Gasteiger charge is 2.26. The predicted molar refractivity (Wildman–Crippen MR) is 63.8 cm³/mol. The van der Waals surface area contributed by atoms with Gasteiger partial charge >= 0.3 is 0 Å². The molecule has 1 N–H and O–H groups in total. The first-order valence-corrected chi connectivity index (χ1v) is 6.82. The second kappa shape index (κ2) is 5.59. The third kappa shape index (κ3) is 2.71. The average Bonchev–Trinajstić information content (AvgIpc) is 2.83. The van der Waals surface area contributed by atoms with Crippen molar-refractivity contribution in [3.05, 3.63) is 11.1 Å². The highest BCUT2D eigenvalue weighted by Crippen LogP contribution is 2.25. The van der Waals surface area contributed by atoms with Crippen LogP contribution in [-0.2, 0) is 0 Å². The van der Waals surface area contributed by atoms with Crippen molar-refractivity contribution in [3.63, 3.8) is 0 Å². The van der Waals surface area contributed by atoms with E-state index in [0.717, 1.165) is 19.3 Å². The van der Waals surface area contributed by atoms with Crippen LogP contribution in [0.1, 0.15) is 36.2 Å². The van der Waals surface area contributed by atoms with Gasteiger partial charge in [0.25, 0.3) is 5.91 Å². The fourth-order valence-electron chi connectivity index (χ4n) is 2.09. The van der Waals surface area contributed by atoms with Gasteiger partial charge in [0.15, 0.2) is 5.69 Å². The van der Waals surface area contributed by atoms with Crippen LogP contribution < -0.4 is 5.32 Å². The summed E-state index contributed by atoms with van der Waals surface area (Å²) in [6.07, 6.45) is 4.49. The molecular formula is C10H14ClN3OS. The molecule has 2 rings (SSSR count). The van der Waals surface area contributed by atoms with E-state index < -0.39 is 0 Å². The summed E-state index contributed by atoms with van der Waals surface area (Å²) in [6, 6.07) is 0.195. The molecule has 2 atom stereocenters. The van der Waals surface area contributed by atoms with Crippen molar-refractivity contribution in [1.29, 1.82) is 0 Å². The Balaban J connectivity index is 1.95. The fraction of sp³-hybridized carbons (Fsp3) is 0.700. The van der Waals surface area contributed by atoms with Gasteiger partial charge in [-0.05, 0) is 30.3 Å². The number of aromatic nitrogens is 2. The van der Waals surface area contributed by atoms with Crippen molar-refractivity contribution < 1.29 is 4.79 Å². The van der Waals surface area contributed by atoms with Crippen LogP contribution in [0.25, 0.3) is 0 Å². The molecule has 2 unspecified atom stereocenters. The first kappa shape index (κ1) is 11.8. The highest BCUT2D eigenvalue weighted by molar-refractivity contribution is 7.03. The topological polar surface area (TPSA) is 54.9 Å². The fourth-order valence-corrected chi connectivity index (χ4v) is 2.89. The van der Waals surface area contributed by atoms with E-state index >= 15 is 0 Å². The number of nitrogens with zero attached hydrogens (tertiary/aromatic N) is 2. The summed E-state index contributed by atoms with van der Waals surface area (Å²) < 4.78 is 3.68. The number of hydrogen-bond donors (Lipinski definition) is 1. The van der Waals surface area contributed by atoms with E-state index in [-0.39, 0.29) is 11.9 Å². The third-order valence-corrected chi connectivity index (χ3v) is 3.92. The Labute approximate surface area is 104 Å². The zero-order valence-electron chi connectivity index (χ0n) is 8.86. The molecular weight excluding hydrogens is 246 g/mol. The maximum atomic E-state index is 11.8. The Hall–Kier alpha value is -0.680. The van der Waals surface area contributed by atoms with E-state index in [2.05, 4.69) is 14.9 Å². The summed E-state index contributed by atoms with van der Waals surface area (Å²) in [5.41, 5.74) is 0.406. The molecule has 1 heterocycles. The maximum absolute atomic E-state index is 11.8. The number of carbonyl (C=O) groups is 1. The maximum Gasteiger partial charge on any atom is 0.272 e. The third-order valence-electron chi connectivity index (χ3n) is 3.02. The van der Waals surface area contributed by atoms with Gasteiger partial charge < -0.3 is 5.32 Å². The van der Waals surface area contributed by atoms with E-state index in [9.17, 15) is 4.79 Å². The van der Waals surface area contributed by atoms with Gasteiger partial charge in [-0.15, -0.1) is 16.7 Å². The molecule has 88 valence electrons. The Morgan fingerprint density at radius 2 is 2.38 bits per heavy atom. The van der Waals surface area contributed by atoms with Crippen molar-refractivity contribution in [2.75, 3.05) is 5.88 Å². The van der Waals surface area contributed by atoms with Crippen LogP contribution in [0, 0.1) is 5.92 Å². The molecule has 0 aliphatic heterocycles. The summed E-state index contributed by atoms with van der Waals surface area (Å²) >= 11 is 7.09. The number of hydrogen-bond acceptors (Lipinski definition) is 4. The number of rotatable bonds is 3. The summed E-state index contributed by atoms with van der Waals surface area (Å²) in [6.45, 7) is 0. The lowest BCUT2D eigenvalue weighted by Gasteiger charge is -2.30. The molecule has 0 saturated heterocycles. The average molecular weight is 260 g/mol. The zero-order chi connectivity index (χ0) is 11.4. The van der Waals surface area contributed by atoms with Crippen LogP contribution in [-0.4, -0.2) is 27.4 Å². The van der Waals surface area contributed by atoms with Crippen LogP contribution >= 0.6 is 23.1 Å². The second-order valence-corrected chi connectivity index (χ2v) is 4.99. The number of alkyl halides is 1. The number of amides is 1. The molecule has 0 aromatic carbocycles. The molecule has 1 saturated carbocycles. The summed E-state index contributed by atoms with van der Waals surface area (Å²) in [4.78, 5) is 11.8. The van der Waals surface area contributed by atoms with Gasteiger partial charge in [-0.2, -0.15) is 0 Å². The van der Waals surface area contributed by atoms with E-state index in [1.165, 1.54) is 18.0 Å². The van der Waals surface area contributed by atoms with Crippen LogP contribution in [0.5, 0.6) is 0 Å². The van der Waals surface area contributed by atoms with E-state index in [4.69, 9.17) is 11.6 Å². The molecule has 0 spiro atoms. The minimum atomic E-state index is -0.129. The lowest BCUT2D eigenvalue weighted by Crippen LogP contribution is -2.42. The standard InChI is InChI=1S/C10H14ClN3OS/c11-5-7-3-1-2-4-8(7)12-10(15)9-6-16-14-13-9/h6-8H,1-5H2,(H,12,15). The van der Waals surface area contributed by atoms with Crippen molar-refractivity contribution in [2.24, 2.45) is 5.92 Å². The Kier molecular flexibility index (Phi) is 4.12. The minimum absolute atomic E-state index is 0.129. The summed E-state index contributed by atoms with van der Waals surface area (Å²) in [5, 5.41) is 8.42. The number of nitrogens with one attached hydrogen (secondary N) is 1. The molecule has 0 bridgehead atoms. The predicted octanol–water partition coefficient (Wildman–Crippen LogP) is 2.07. The normalized spacial score (nSPS) is 25.3. The van der Waals surface area contributed by atoms with Crippen molar-refractivity contribution in [3.8, 4) is 0 Å². The van der Waals surface area contributed by atoms with Gasteiger partial charge in [-0.1, -0.05) is 17.3 Å². The largest absolute Gasteiger partial charge is 0.348 e. The second-order valence-electron chi connectivity index (χ2n) is 4.07. The molecule has 1 fully saturated rings. The SMILES string of the molecule is O=C(NC1CCCCC1CCl)c1csnn1. The molecule has 0 radical (unpaired) electrons. The summed E-state index contributed by atoms with van der Waals surface area (Å²) in [7, 11) is 0. The molecule has 6 heteroatoms. The van der Waals surface area contributed by atoms with Crippen molar-refractivity contribution >= 4 is 29.0 Å². The van der Waals surface area contributed by atoms with E-state index in [0.29, 0.717) is 17.5 Å². The number of carbonyl (C=O) groups excluding carboxylic acids is 1. The van der Waals surface area contributed by atoms with Crippen LogP contribution in [0.15, 0.2) is 5.38 Å². The van der Waals surface area contributed by atoms with Crippen LogP contribution in [0.2, 0.25) is 0 Å². The Morgan fingerprint density at radius 1 is 1.56 bits per heavy atom. The molecule has 1 amide bonds. The lowest BCUT2D eigenvalue weighted by atomic mass is 9.86. The van der Waals surface area contributed by atoms with Gasteiger partial charge in [0, 0.05) is 17.3 Å². The van der Waals surface area contributed by atoms with Crippen molar-refractivity contribution in [1.82, 2.24) is 14.9 Å². The van der Waals surface area contributed by atoms with Gasteiger partial charge in [-0.3, -0.25) is 4.79 Å². The quantitative estimate of drug-likeness (QED) is 0.846. The Morgan fingerprint density at radius 3 is 3.06 bits per heavy atom. The molecule has 16 heavy (non-hydrogen) atoms. The first-order chi connectivity index (χ1) is 7.81. The summed E-state index contributed by atoms with van der Waals surface area (Å²) in [5.74, 6) is 0.877. The lowest BCUT2D eigenvalue weighted by molar-refractivity contribution is 0.0906.